The monoisotopic (exact) mass is 524 g/mol. The molecule has 0 fully saturated rings. The van der Waals surface area contributed by atoms with Crippen LogP contribution >= 0.6 is 19.2 Å². The molecule has 2 rings (SSSR count). The van der Waals surface area contributed by atoms with Crippen molar-refractivity contribution in [1.82, 2.24) is 5.43 Å². The summed E-state index contributed by atoms with van der Waals surface area (Å²) in [5.41, 5.74) is 5.86. The lowest BCUT2D eigenvalue weighted by atomic mass is 10.0. The van der Waals surface area contributed by atoms with E-state index in [2.05, 4.69) is 24.4 Å². The molecule has 0 aromatic heterocycles. The van der Waals surface area contributed by atoms with Crippen molar-refractivity contribution < 1.29 is 27.9 Å². The van der Waals surface area contributed by atoms with Crippen LogP contribution in [0.25, 0.3) is 0 Å². The Balaban J connectivity index is 2.12. The van der Waals surface area contributed by atoms with E-state index in [1.165, 1.54) is 6.21 Å². The third-order valence-corrected chi connectivity index (χ3v) is 7.38. The Morgan fingerprint density at radius 3 is 2.43 bits per heavy atom. The number of hydrogen-bond acceptors (Lipinski definition) is 7. The first kappa shape index (κ1) is 28.9. The fraction of sp³-hybridized carbons (Fsp3) is 0.440. The van der Waals surface area contributed by atoms with Gasteiger partial charge in [0.25, 0.3) is 5.91 Å². The molecule has 0 unspecified atom stereocenters. The molecule has 192 valence electrons. The van der Waals surface area contributed by atoms with Crippen LogP contribution < -0.4 is 14.9 Å². The summed E-state index contributed by atoms with van der Waals surface area (Å²) in [5, 5.41) is 4.67. The topological polar surface area (TPSA) is 95.5 Å². The molecule has 1 N–H and O–H groups in total. The van der Waals surface area contributed by atoms with Crippen LogP contribution in [0.4, 0.5) is 0 Å². The molecule has 0 aliphatic rings. The van der Waals surface area contributed by atoms with Crippen molar-refractivity contribution in [2.45, 2.75) is 47.1 Å². The van der Waals surface area contributed by atoms with Crippen LogP contribution in [0.15, 0.2) is 35.4 Å². The van der Waals surface area contributed by atoms with Crippen LogP contribution in [0.3, 0.4) is 0 Å². The standard InChI is InChI=1S/C25H34ClN2O6P/c1-7-33-35(30,34-8-2)16-25(29)28-27-14-19-9-10-23(31-6)20(12-19)15-32-24-11-18(5)22(26)13-21(24)17(3)4/h9-14,17H,7-8,15-16H2,1-6H3,(H,28,29)/b27-14-. The second kappa shape index (κ2) is 13.6. The smallest absolute Gasteiger partial charge is 0.340 e. The van der Waals surface area contributed by atoms with Gasteiger partial charge in [0.15, 0.2) is 0 Å². The number of halogens is 1. The van der Waals surface area contributed by atoms with E-state index in [4.69, 9.17) is 30.1 Å². The minimum Gasteiger partial charge on any atom is -0.496 e. The number of aryl methyl sites for hydroxylation is 1. The Morgan fingerprint density at radius 2 is 1.83 bits per heavy atom. The highest BCUT2D eigenvalue weighted by Gasteiger charge is 2.27. The molecular weight excluding hydrogens is 491 g/mol. The Morgan fingerprint density at radius 1 is 1.14 bits per heavy atom. The van der Waals surface area contributed by atoms with Crippen LogP contribution in [0.1, 0.15) is 55.9 Å². The Labute approximate surface area is 212 Å². The second-order valence-electron chi connectivity index (χ2n) is 8.05. The first-order valence-corrected chi connectivity index (χ1v) is 13.5. The molecule has 0 heterocycles. The van der Waals surface area contributed by atoms with Gasteiger partial charge in [-0.15, -0.1) is 0 Å². The van der Waals surface area contributed by atoms with E-state index in [9.17, 15) is 9.36 Å². The predicted octanol–water partition coefficient (Wildman–Crippen LogP) is 6.08. The van der Waals surface area contributed by atoms with Gasteiger partial charge in [-0.05, 0) is 73.7 Å². The van der Waals surface area contributed by atoms with Crippen LogP contribution in [-0.4, -0.2) is 38.6 Å². The van der Waals surface area contributed by atoms with Crippen LogP contribution in [0.5, 0.6) is 11.5 Å². The molecule has 35 heavy (non-hydrogen) atoms. The van der Waals surface area contributed by atoms with E-state index < -0.39 is 19.7 Å². The van der Waals surface area contributed by atoms with Gasteiger partial charge in [0.2, 0.25) is 0 Å². The van der Waals surface area contributed by atoms with Gasteiger partial charge in [-0.3, -0.25) is 9.36 Å². The Kier molecular flexibility index (Phi) is 11.2. The summed E-state index contributed by atoms with van der Waals surface area (Å²) >= 11 is 6.30. The third-order valence-electron chi connectivity index (χ3n) is 4.99. The second-order valence-corrected chi connectivity index (χ2v) is 10.5. The number of hydrogen-bond donors (Lipinski definition) is 1. The van der Waals surface area contributed by atoms with Crippen molar-refractivity contribution in [1.29, 1.82) is 0 Å². The number of carbonyl (C=O) groups excluding carboxylic acids is 1. The minimum atomic E-state index is -3.49. The fourth-order valence-electron chi connectivity index (χ4n) is 3.31. The summed E-state index contributed by atoms with van der Waals surface area (Å²) in [6.07, 6.45) is 1.07. The van der Waals surface area contributed by atoms with Crippen molar-refractivity contribution >= 4 is 31.3 Å². The van der Waals surface area contributed by atoms with Gasteiger partial charge in [-0.2, -0.15) is 5.10 Å². The van der Waals surface area contributed by atoms with Gasteiger partial charge >= 0.3 is 7.60 Å². The van der Waals surface area contributed by atoms with Gasteiger partial charge in [0.1, 0.15) is 24.3 Å². The maximum absolute atomic E-state index is 12.5. The quantitative estimate of drug-likeness (QED) is 0.194. The number of ether oxygens (including phenoxy) is 2. The Hall–Kier alpha value is -2.38. The van der Waals surface area contributed by atoms with Gasteiger partial charge in [-0.25, -0.2) is 5.43 Å². The van der Waals surface area contributed by atoms with E-state index in [0.29, 0.717) is 10.8 Å². The van der Waals surface area contributed by atoms with Crippen LogP contribution in [-0.2, 0) is 25.0 Å². The normalized spacial score (nSPS) is 11.8. The Bertz CT molecular complexity index is 1080. The summed E-state index contributed by atoms with van der Waals surface area (Å²) in [6.45, 7) is 10.1. The number of methoxy groups -OCH3 is 1. The molecule has 0 saturated heterocycles. The molecule has 0 atom stereocenters. The number of hydrazone groups is 1. The van der Waals surface area contributed by atoms with Gasteiger partial charge in [0, 0.05) is 10.6 Å². The lowest BCUT2D eigenvalue weighted by molar-refractivity contribution is -0.118. The number of rotatable bonds is 13. The summed E-state index contributed by atoms with van der Waals surface area (Å²) < 4.78 is 34.4. The average Bonchev–Trinajstić information content (AvgIpc) is 2.79. The zero-order valence-electron chi connectivity index (χ0n) is 21.1. The van der Waals surface area contributed by atoms with Gasteiger partial charge in [0.05, 0.1) is 26.5 Å². The summed E-state index contributed by atoms with van der Waals surface area (Å²) in [7, 11) is -1.90. The largest absolute Gasteiger partial charge is 0.496 e. The van der Waals surface area contributed by atoms with Gasteiger partial charge < -0.3 is 18.5 Å². The molecule has 2 aromatic carbocycles. The fourth-order valence-corrected chi connectivity index (χ4v) is 4.94. The lowest BCUT2D eigenvalue weighted by Gasteiger charge is -2.17. The number of benzene rings is 2. The van der Waals surface area contributed by atoms with E-state index in [0.717, 1.165) is 28.0 Å². The van der Waals surface area contributed by atoms with Crippen LogP contribution in [0, 0.1) is 6.92 Å². The maximum Gasteiger partial charge on any atom is 0.340 e. The molecule has 0 aliphatic carbocycles. The zero-order chi connectivity index (χ0) is 26.0. The molecule has 0 saturated carbocycles. The minimum absolute atomic E-state index is 0.179. The maximum atomic E-state index is 12.5. The summed E-state index contributed by atoms with van der Waals surface area (Å²) in [5.74, 6) is 1.11. The highest BCUT2D eigenvalue weighted by molar-refractivity contribution is 7.54. The van der Waals surface area contributed by atoms with Crippen molar-refractivity contribution in [3.8, 4) is 11.5 Å². The summed E-state index contributed by atoms with van der Waals surface area (Å²) in [4.78, 5) is 12.2. The van der Waals surface area contributed by atoms with E-state index in [-0.39, 0.29) is 25.7 Å². The number of nitrogens with zero attached hydrogens (tertiary/aromatic N) is 1. The van der Waals surface area contributed by atoms with E-state index >= 15 is 0 Å². The molecule has 0 bridgehead atoms. The van der Waals surface area contributed by atoms with Gasteiger partial charge in [-0.1, -0.05) is 25.4 Å². The van der Waals surface area contributed by atoms with Crippen molar-refractivity contribution in [2.75, 3.05) is 26.5 Å². The lowest BCUT2D eigenvalue weighted by Crippen LogP contribution is -2.22. The molecule has 0 radical (unpaired) electrons. The first-order chi connectivity index (χ1) is 16.6. The number of carbonyl (C=O) groups is 1. The molecular formula is C25H34ClN2O6P. The van der Waals surface area contributed by atoms with E-state index in [1.807, 2.05) is 25.1 Å². The van der Waals surface area contributed by atoms with Crippen LogP contribution in [0.2, 0.25) is 5.02 Å². The molecule has 0 spiro atoms. The molecule has 1 amide bonds. The highest BCUT2D eigenvalue weighted by Crippen LogP contribution is 2.47. The molecule has 0 aliphatic heterocycles. The van der Waals surface area contributed by atoms with Crippen molar-refractivity contribution in [3.05, 3.63) is 57.6 Å². The molecule has 2 aromatic rings. The van der Waals surface area contributed by atoms with Crippen molar-refractivity contribution in [2.24, 2.45) is 5.10 Å². The SMILES string of the molecule is CCOP(=O)(CC(=O)N/N=C\c1ccc(OC)c(COc2cc(C)c(Cl)cc2C(C)C)c1)OCC. The molecule has 8 nitrogen and oxygen atoms in total. The summed E-state index contributed by atoms with van der Waals surface area (Å²) in [6, 6.07) is 9.34. The predicted molar refractivity (Wildman–Crippen MR) is 139 cm³/mol. The number of amides is 1. The zero-order valence-corrected chi connectivity index (χ0v) is 22.7. The average molecular weight is 525 g/mol. The first-order valence-electron chi connectivity index (χ1n) is 11.4. The third kappa shape index (κ3) is 8.65. The highest BCUT2D eigenvalue weighted by atomic mass is 35.5. The van der Waals surface area contributed by atoms with E-state index in [1.54, 1.807) is 33.1 Å². The molecule has 10 heteroatoms. The number of nitrogens with one attached hydrogen (secondary N) is 1. The van der Waals surface area contributed by atoms with Crippen molar-refractivity contribution in [3.63, 3.8) is 0 Å².